The minimum Gasteiger partial charge on any atom is -0.488 e. The van der Waals surface area contributed by atoms with Gasteiger partial charge >= 0.3 is 0 Å². The van der Waals surface area contributed by atoms with Gasteiger partial charge in [0.25, 0.3) is 0 Å². The number of benzene rings is 2. The highest BCUT2D eigenvalue weighted by Gasteiger charge is 2.08. The molecule has 0 bridgehead atoms. The molecule has 3 nitrogen and oxygen atoms in total. The number of para-hydroxylation sites is 2. The average Bonchev–Trinajstić information content (AvgIpc) is 3.17. The summed E-state index contributed by atoms with van der Waals surface area (Å²) in [6, 6.07) is 16.7. The second-order valence-electron chi connectivity index (χ2n) is 6.96. The van der Waals surface area contributed by atoms with Crippen LogP contribution >= 0.6 is 0 Å². The molecule has 0 saturated heterocycles. The number of hydrogen-bond acceptors (Lipinski definition) is 3. The van der Waals surface area contributed by atoms with E-state index in [1.807, 2.05) is 38.1 Å². The van der Waals surface area contributed by atoms with E-state index in [-0.39, 0.29) is 6.10 Å². The Bertz CT molecular complexity index is 736. The normalized spacial score (nSPS) is 13.7. The van der Waals surface area contributed by atoms with Crippen LogP contribution in [0.25, 0.3) is 5.57 Å². The van der Waals surface area contributed by atoms with Crippen molar-refractivity contribution in [2.75, 3.05) is 13.2 Å². The third-order valence-electron chi connectivity index (χ3n) is 4.42. The maximum absolute atomic E-state index is 5.88. The molecule has 26 heavy (non-hydrogen) atoms. The molecule has 0 unspecified atom stereocenters. The second kappa shape index (κ2) is 9.44. The quantitative estimate of drug-likeness (QED) is 0.629. The Morgan fingerprint density at radius 2 is 1.88 bits per heavy atom. The molecule has 0 amide bonds. The molecule has 0 spiro atoms. The van der Waals surface area contributed by atoms with Gasteiger partial charge in [-0.05, 0) is 61.9 Å². The highest BCUT2D eigenvalue weighted by atomic mass is 16.5. The molecule has 0 aliphatic heterocycles. The molecule has 1 N–H and O–H groups in total. The zero-order valence-electron chi connectivity index (χ0n) is 15.8. The minimum absolute atomic E-state index is 0.139. The fraction of sp³-hybridized carbons (Fsp3) is 0.391. The lowest BCUT2D eigenvalue weighted by Crippen LogP contribution is -2.21. The molecule has 0 aromatic heterocycles. The first kappa shape index (κ1) is 18.5. The standard InChI is InChI=1S/C23H29NO2/c1-18(2)26-23-13-6-5-12-22(23)25-15-14-24-17-19-8-7-11-21(16-19)20-9-3-4-10-20/h5-9,11-13,16,18,24H,3-4,10,14-15,17H2,1-2H3. The van der Waals surface area contributed by atoms with Crippen molar-refractivity contribution < 1.29 is 9.47 Å². The third-order valence-corrected chi connectivity index (χ3v) is 4.42. The summed E-state index contributed by atoms with van der Waals surface area (Å²) in [5.74, 6) is 1.61. The fourth-order valence-electron chi connectivity index (χ4n) is 3.20. The van der Waals surface area contributed by atoms with Crippen molar-refractivity contribution in [3.63, 3.8) is 0 Å². The number of allylic oxidation sites excluding steroid dienone is 2. The van der Waals surface area contributed by atoms with Crippen LogP contribution < -0.4 is 14.8 Å². The van der Waals surface area contributed by atoms with Crippen molar-refractivity contribution >= 4 is 5.57 Å². The molecule has 0 radical (unpaired) electrons. The average molecular weight is 351 g/mol. The smallest absolute Gasteiger partial charge is 0.161 e. The van der Waals surface area contributed by atoms with Gasteiger partial charge in [0.1, 0.15) is 6.61 Å². The number of hydrogen-bond donors (Lipinski definition) is 1. The van der Waals surface area contributed by atoms with Gasteiger partial charge < -0.3 is 14.8 Å². The Morgan fingerprint density at radius 3 is 2.65 bits per heavy atom. The Hall–Kier alpha value is -2.26. The van der Waals surface area contributed by atoms with Gasteiger partial charge in [0.05, 0.1) is 6.10 Å². The molecule has 2 aromatic rings. The van der Waals surface area contributed by atoms with Crippen LogP contribution in [0, 0.1) is 0 Å². The highest BCUT2D eigenvalue weighted by Crippen LogP contribution is 2.28. The molecule has 3 heteroatoms. The predicted molar refractivity (Wildman–Crippen MR) is 108 cm³/mol. The van der Waals surface area contributed by atoms with Gasteiger partial charge in [-0.1, -0.05) is 42.5 Å². The number of nitrogens with one attached hydrogen (secondary N) is 1. The lowest BCUT2D eigenvalue weighted by Gasteiger charge is -2.15. The maximum Gasteiger partial charge on any atom is 0.161 e. The monoisotopic (exact) mass is 351 g/mol. The van der Waals surface area contributed by atoms with Crippen LogP contribution in [0.15, 0.2) is 54.6 Å². The van der Waals surface area contributed by atoms with Gasteiger partial charge in [0, 0.05) is 13.1 Å². The van der Waals surface area contributed by atoms with Crippen LogP contribution in [0.3, 0.4) is 0 Å². The van der Waals surface area contributed by atoms with Crippen molar-refractivity contribution in [3.8, 4) is 11.5 Å². The summed E-state index contributed by atoms with van der Waals surface area (Å²) in [5, 5.41) is 3.46. The van der Waals surface area contributed by atoms with E-state index in [4.69, 9.17) is 9.47 Å². The summed E-state index contributed by atoms with van der Waals surface area (Å²) in [4.78, 5) is 0. The first-order chi connectivity index (χ1) is 12.7. The van der Waals surface area contributed by atoms with Crippen molar-refractivity contribution in [2.45, 2.75) is 45.8 Å². The summed E-state index contributed by atoms with van der Waals surface area (Å²) < 4.78 is 11.7. The zero-order valence-corrected chi connectivity index (χ0v) is 15.8. The van der Waals surface area contributed by atoms with Gasteiger partial charge in [-0.15, -0.1) is 0 Å². The van der Waals surface area contributed by atoms with Gasteiger partial charge in [-0.3, -0.25) is 0 Å². The van der Waals surface area contributed by atoms with Gasteiger partial charge in [-0.25, -0.2) is 0 Å². The van der Waals surface area contributed by atoms with Crippen LogP contribution in [-0.2, 0) is 6.54 Å². The zero-order chi connectivity index (χ0) is 18.2. The molecule has 0 heterocycles. The Morgan fingerprint density at radius 1 is 1.04 bits per heavy atom. The minimum atomic E-state index is 0.139. The molecular weight excluding hydrogens is 322 g/mol. The van der Waals surface area contributed by atoms with Crippen molar-refractivity contribution in [3.05, 3.63) is 65.7 Å². The Kier molecular flexibility index (Phi) is 6.73. The number of ether oxygens (including phenoxy) is 2. The summed E-state index contributed by atoms with van der Waals surface area (Å²) in [6.45, 7) is 6.31. The van der Waals surface area contributed by atoms with Crippen LogP contribution in [0.1, 0.15) is 44.2 Å². The fourth-order valence-corrected chi connectivity index (χ4v) is 3.20. The third kappa shape index (κ3) is 5.37. The van der Waals surface area contributed by atoms with Crippen molar-refractivity contribution in [1.82, 2.24) is 5.32 Å². The second-order valence-corrected chi connectivity index (χ2v) is 6.96. The van der Waals surface area contributed by atoms with E-state index >= 15 is 0 Å². The van der Waals surface area contributed by atoms with E-state index in [9.17, 15) is 0 Å². The summed E-state index contributed by atoms with van der Waals surface area (Å²) >= 11 is 0. The molecule has 138 valence electrons. The van der Waals surface area contributed by atoms with Gasteiger partial charge in [0.2, 0.25) is 0 Å². The van der Waals surface area contributed by atoms with Gasteiger partial charge in [0.15, 0.2) is 11.5 Å². The largest absolute Gasteiger partial charge is 0.488 e. The molecular formula is C23H29NO2. The lowest BCUT2D eigenvalue weighted by atomic mass is 10.0. The molecule has 1 aliphatic rings. The maximum atomic E-state index is 5.88. The first-order valence-corrected chi connectivity index (χ1v) is 9.60. The summed E-state index contributed by atoms with van der Waals surface area (Å²) in [7, 11) is 0. The van der Waals surface area contributed by atoms with E-state index in [1.165, 1.54) is 36.0 Å². The topological polar surface area (TPSA) is 30.5 Å². The van der Waals surface area contributed by atoms with E-state index in [0.717, 1.165) is 24.6 Å². The Labute approximate surface area is 157 Å². The van der Waals surface area contributed by atoms with E-state index in [2.05, 4.69) is 35.7 Å². The van der Waals surface area contributed by atoms with E-state index in [1.54, 1.807) is 0 Å². The van der Waals surface area contributed by atoms with Gasteiger partial charge in [-0.2, -0.15) is 0 Å². The molecule has 3 rings (SSSR count). The highest BCUT2D eigenvalue weighted by molar-refractivity contribution is 5.67. The van der Waals surface area contributed by atoms with E-state index < -0.39 is 0 Å². The van der Waals surface area contributed by atoms with Crippen molar-refractivity contribution in [2.24, 2.45) is 0 Å². The van der Waals surface area contributed by atoms with E-state index in [0.29, 0.717) is 6.61 Å². The molecule has 1 aliphatic carbocycles. The van der Waals surface area contributed by atoms with Crippen molar-refractivity contribution in [1.29, 1.82) is 0 Å². The van der Waals surface area contributed by atoms with Crippen LogP contribution in [0.2, 0.25) is 0 Å². The molecule has 2 aromatic carbocycles. The molecule has 0 fully saturated rings. The Balaban J connectivity index is 1.44. The first-order valence-electron chi connectivity index (χ1n) is 9.60. The molecule has 0 saturated carbocycles. The predicted octanol–water partition coefficient (Wildman–Crippen LogP) is 5.21. The molecule has 0 atom stereocenters. The SMILES string of the molecule is CC(C)Oc1ccccc1OCCNCc1cccc(C2=CCCC2)c1. The van der Waals surface area contributed by atoms with Crippen LogP contribution in [0.4, 0.5) is 0 Å². The van der Waals surface area contributed by atoms with Crippen LogP contribution in [0.5, 0.6) is 11.5 Å². The summed E-state index contributed by atoms with van der Waals surface area (Å²) in [5.41, 5.74) is 4.19. The number of rotatable bonds is 9. The summed E-state index contributed by atoms with van der Waals surface area (Å²) in [6.07, 6.45) is 6.23. The van der Waals surface area contributed by atoms with Crippen LogP contribution in [-0.4, -0.2) is 19.3 Å². The lowest BCUT2D eigenvalue weighted by molar-refractivity contribution is 0.221.